The highest BCUT2D eigenvalue weighted by Crippen LogP contribution is 2.29. The van der Waals surface area contributed by atoms with E-state index in [2.05, 4.69) is 5.32 Å². The maximum absolute atomic E-state index is 12.9. The van der Waals surface area contributed by atoms with Crippen molar-refractivity contribution >= 4 is 17.7 Å². The van der Waals surface area contributed by atoms with Crippen molar-refractivity contribution in [2.45, 2.75) is 78.7 Å². The summed E-state index contributed by atoms with van der Waals surface area (Å²) < 4.78 is 16.9. The SMILES string of the molecule is CCOC(CCCNCCCCN(Cc1ccc(-c2ccccc2)c(Cl)c1)C(=O)OC(C)(C)C)OCC. The summed E-state index contributed by atoms with van der Waals surface area (Å²) in [6.07, 6.45) is 3.30. The number of halogens is 1. The van der Waals surface area contributed by atoms with E-state index in [9.17, 15) is 4.79 Å². The van der Waals surface area contributed by atoms with Crippen LogP contribution in [0.4, 0.5) is 4.79 Å². The molecule has 0 saturated heterocycles. The molecular weight excluding hydrogens is 488 g/mol. The third-order valence-corrected chi connectivity index (χ3v) is 5.99. The molecule has 2 rings (SSSR count). The summed E-state index contributed by atoms with van der Waals surface area (Å²) in [5.74, 6) is 0. The first-order chi connectivity index (χ1) is 17.7. The smallest absolute Gasteiger partial charge is 0.410 e. The van der Waals surface area contributed by atoms with Gasteiger partial charge in [0.2, 0.25) is 0 Å². The highest BCUT2D eigenvalue weighted by atomic mass is 35.5. The van der Waals surface area contributed by atoms with E-state index >= 15 is 0 Å². The average Bonchev–Trinajstić information content (AvgIpc) is 2.84. The Labute approximate surface area is 228 Å². The van der Waals surface area contributed by atoms with Gasteiger partial charge >= 0.3 is 6.09 Å². The lowest BCUT2D eigenvalue weighted by Gasteiger charge is -2.27. The van der Waals surface area contributed by atoms with E-state index in [0.717, 1.165) is 55.5 Å². The zero-order chi connectivity index (χ0) is 27.1. The molecule has 0 heterocycles. The maximum Gasteiger partial charge on any atom is 0.410 e. The van der Waals surface area contributed by atoms with Crippen molar-refractivity contribution in [1.29, 1.82) is 0 Å². The van der Waals surface area contributed by atoms with Gasteiger partial charge in [-0.1, -0.05) is 54.1 Å². The van der Waals surface area contributed by atoms with Crippen LogP contribution in [0.5, 0.6) is 0 Å². The van der Waals surface area contributed by atoms with Crippen LogP contribution in [0.25, 0.3) is 11.1 Å². The molecule has 0 bridgehead atoms. The molecule has 0 spiro atoms. The molecule has 0 unspecified atom stereocenters. The molecule has 6 nitrogen and oxygen atoms in total. The fourth-order valence-electron chi connectivity index (χ4n) is 3.95. The average molecular weight is 533 g/mol. The zero-order valence-electron chi connectivity index (χ0n) is 23.2. The highest BCUT2D eigenvalue weighted by Gasteiger charge is 2.22. The number of amides is 1. The minimum absolute atomic E-state index is 0.116. The number of hydrogen-bond donors (Lipinski definition) is 1. The van der Waals surface area contributed by atoms with Crippen molar-refractivity contribution in [3.8, 4) is 11.1 Å². The largest absolute Gasteiger partial charge is 0.444 e. The number of nitrogens with zero attached hydrogens (tertiary/aromatic N) is 1. The maximum atomic E-state index is 12.9. The molecule has 37 heavy (non-hydrogen) atoms. The van der Waals surface area contributed by atoms with Crippen molar-refractivity contribution in [2.24, 2.45) is 0 Å². The minimum atomic E-state index is -0.549. The Hall–Kier alpha value is -2.12. The summed E-state index contributed by atoms with van der Waals surface area (Å²) in [5, 5.41) is 4.16. The molecule has 0 radical (unpaired) electrons. The molecule has 0 fully saturated rings. The first-order valence-electron chi connectivity index (χ1n) is 13.5. The molecule has 1 amide bonds. The summed E-state index contributed by atoms with van der Waals surface area (Å²) >= 11 is 6.62. The van der Waals surface area contributed by atoms with Crippen molar-refractivity contribution in [3.63, 3.8) is 0 Å². The topological polar surface area (TPSA) is 60.0 Å². The van der Waals surface area contributed by atoms with E-state index in [1.54, 1.807) is 4.90 Å². The number of benzene rings is 2. The lowest BCUT2D eigenvalue weighted by Crippen LogP contribution is -2.37. The normalized spacial score (nSPS) is 11.6. The van der Waals surface area contributed by atoms with E-state index in [-0.39, 0.29) is 12.4 Å². The second-order valence-electron chi connectivity index (χ2n) is 10.0. The standard InChI is InChI=1S/C30H45ClN2O4/c1-6-35-28(36-7-2)16-13-20-32-19-11-12-21-33(29(34)37-30(3,4)5)23-24-17-18-26(27(31)22-24)25-14-9-8-10-15-25/h8-10,14-15,17-18,22,28,32H,6-7,11-13,16,19-21,23H2,1-5H3. The molecule has 0 aliphatic carbocycles. The molecule has 0 aliphatic heterocycles. The number of ether oxygens (including phenoxy) is 3. The van der Waals surface area contributed by atoms with Gasteiger partial charge in [0.05, 0.1) is 0 Å². The van der Waals surface area contributed by atoms with Gasteiger partial charge in [0.25, 0.3) is 0 Å². The van der Waals surface area contributed by atoms with Crippen molar-refractivity contribution < 1.29 is 19.0 Å². The van der Waals surface area contributed by atoms with E-state index in [1.807, 2.05) is 83.1 Å². The number of hydrogen-bond acceptors (Lipinski definition) is 5. The van der Waals surface area contributed by atoms with Gasteiger partial charge in [0.1, 0.15) is 5.60 Å². The molecule has 2 aromatic rings. The van der Waals surface area contributed by atoms with E-state index in [4.69, 9.17) is 25.8 Å². The molecule has 0 saturated carbocycles. The van der Waals surface area contributed by atoms with Crippen LogP contribution >= 0.6 is 11.6 Å². The summed E-state index contributed by atoms with van der Waals surface area (Å²) in [5.41, 5.74) is 2.48. The predicted molar refractivity (Wildman–Crippen MR) is 152 cm³/mol. The molecular formula is C30H45ClN2O4. The Morgan fingerprint density at radius 1 is 0.973 bits per heavy atom. The second-order valence-corrected chi connectivity index (χ2v) is 10.4. The number of carbonyl (C=O) groups is 1. The number of carbonyl (C=O) groups excluding carboxylic acids is 1. The third kappa shape index (κ3) is 12.3. The summed E-state index contributed by atoms with van der Waals surface area (Å²) in [6.45, 7) is 13.8. The predicted octanol–water partition coefficient (Wildman–Crippen LogP) is 7.29. The Morgan fingerprint density at radius 2 is 1.65 bits per heavy atom. The zero-order valence-corrected chi connectivity index (χ0v) is 24.0. The quantitative estimate of drug-likeness (QED) is 0.182. The Morgan fingerprint density at radius 3 is 2.27 bits per heavy atom. The monoisotopic (exact) mass is 532 g/mol. The van der Waals surface area contributed by atoms with Crippen LogP contribution in [0.1, 0.15) is 65.9 Å². The van der Waals surface area contributed by atoms with Crippen LogP contribution in [0.15, 0.2) is 48.5 Å². The van der Waals surface area contributed by atoms with Crippen molar-refractivity contribution in [2.75, 3.05) is 32.8 Å². The van der Waals surface area contributed by atoms with Gasteiger partial charge in [-0.2, -0.15) is 0 Å². The molecule has 0 aliphatic rings. The summed E-state index contributed by atoms with van der Waals surface area (Å²) in [6, 6.07) is 16.1. The first kappa shape index (κ1) is 31.1. The minimum Gasteiger partial charge on any atom is -0.444 e. The Kier molecular flexibility index (Phi) is 14.0. The molecule has 2 aromatic carbocycles. The molecule has 206 valence electrons. The van der Waals surface area contributed by atoms with Gasteiger partial charge in [0, 0.05) is 36.9 Å². The molecule has 1 N–H and O–H groups in total. The van der Waals surface area contributed by atoms with Crippen LogP contribution in [-0.4, -0.2) is 55.7 Å². The van der Waals surface area contributed by atoms with Crippen LogP contribution < -0.4 is 5.32 Å². The lowest BCUT2D eigenvalue weighted by molar-refractivity contribution is -0.139. The first-order valence-corrected chi connectivity index (χ1v) is 13.9. The Balaban J connectivity index is 1.86. The number of nitrogens with one attached hydrogen (secondary N) is 1. The highest BCUT2D eigenvalue weighted by molar-refractivity contribution is 6.33. The van der Waals surface area contributed by atoms with Gasteiger partial charge in [-0.05, 0) is 90.6 Å². The molecule has 7 heteroatoms. The van der Waals surface area contributed by atoms with E-state index in [0.29, 0.717) is 31.3 Å². The van der Waals surface area contributed by atoms with Crippen LogP contribution in [0.3, 0.4) is 0 Å². The number of rotatable bonds is 16. The van der Waals surface area contributed by atoms with Crippen molar-refractivity contribution in [1.82, 2.24) is 10.2 Å². The third-order valence-electron chi connectivity index (χ3n) is 5.67. The van der Waals surface area contributed by atoms with Crippen LogP contribution in [-0.2, 0) is 20.8 Å². The van der Waals surface area contributed by atoms with Gasteiger partial charge < -0.3 is 24.4 Å². The van der Waals surface area contributed by atoms with Gasteiger partial charge in [-0.15, -0.1) is 0 Å². The fourth-order valence-corrected chi connectivity index (χ4v) is 4.26. The lowest BCUT2D eigenvalue weighted by atomic mass is 10.0. The van der Waals surface area contributed by atoms with Gasteiger partial charge in [0.15, 0.2) is 6.29 Å². The van der Waals surface area contributed by atoms with Crippen LogP contribution in [0, 0.1) is 0 Å². The molecule has 0 aromatic heterocycles. The Bertz CT molecular complexity index is 912. The summed E-state index contributed by atoms with van der Waals surface area (Å²) in [4.78, 5) is 14.7. The van der Waals surface area contributed by atoms with Gasteiger partial charge in [-0.25, -0.2) is 4.79 Å². The fraction of sp³-hybridized carbons (Fsp3) is 0.567. The molecule has 0 atom stereocenters. The van der Waals surface area contributed by atoms with Gasteiger partial charge in [-0.3, -0.25) is 0 Å². The van der Waals surface area contributed by atoms with Crippen LogP contribution in [0.2, 0.25) is 5.02 Å². The second kappa shape index (κ2) is 16.7. The number of unbranched alkanes of at least 4 members (excludes halogenated alkanes) is 1. The van der Waals surface area contributed by atoms with E-state index < -0.39 is 5.60 Å². The van der Waals surface area contributed by atoms with Crippen molar-refractivity contribution in [3.05, 3.63) is 59.1 Å². The summed E-state index contributed by atoms with van der Waals surface area (Å²) in [7, 11) is 0. The van der Waals surface area contributed by atoms with E-state index in [1.165, 1.54) is 0 Å².